The fraction of sp³-hybridized carbons (Fsp3) is 0.133. The first-order valence-electron chi connectivity index (χ1n) is 6.85. The van der Waals surface area contributed by atoms with Crippen LogP contribution >= 0.6 is 0 Å². The predicted molar refractivity (Wildman–Crippen MR) is 83.3 cm³/mol. The second kappa shape index (κ2) is 7.90. The highest BCUT2D eigenvalue weighted by Crippen LogP contribution is 2.25. The Morgan fingerprint density at radius 3 is 2.40 bits per heavy atom. The summed E-state index contributed by atoms with van der Waals surface area (Å²) in [6, 6.07) is 8.59. The van der Waals surface area contributed by atoms with Gasteiger partial charge in [0.15, 0.2) is 29.7 Å². The Labute approximate surface area is 142 Å². The maximum Gasteiger partial charge on any atom is 0.272 e. The van der Waals surface area contributed by atoms with E-state index < -0.39 is 39.1 Å². The highest BCUT2D eigenvalue weighted by molar-refractivity contribution is 7.89. The number of rotatable bonds is 7. The normalized spacial score (nSPS) is 11.0. The first-order valence-corrected chi connectivity index (χ1v) is 8.33. The number of methoxy groups -OCH3 is 1. The van der Waals surface area contributed by atoms with Crippen molar-refractivity contribution in [3.63, 3.8) is 0 Å². The van der Waals surface area contributed by atoms with Gasteiger partial charge in [0.2, 0.25) is 0 Å². The molecule has 0 heterocycles. The third-order valence-electron chi connectivity index (χ3n) is 2.95. The summed E-state index contributed by atoms with van der Waals surface area (Å²) >= 11 is 0. The van der Waals surface area contributed by atoms with Gasteiger partial charge in [-0.15, -0.1) is 4.83 Å². The molecule has 2 N–H and O–H groups in total. The molecule has 0 bridgehead atoms. The minimum Gasteiger partial charge on any atom is -0.493 e. The van der Waals surface area contributed by atoms with Gasteiger partial charge in [0.25, 0.3) is 15.9 Å². The molecule has 7 nitrogen and oxygen atoms in total. The quantitative estimate of drug-likeness (QED) is 0.716. The number of carbonyl (C=O) groups is 1. The van der Waals surface area contributed by atoms with Gasteiger partial charge in [0.1, 0.15) is 0 Å². The van der Waals surface area contributed by atoms with Gasteiger partial charge in [-0.2, -0.15) is 0 Å². The van der Waals surface area contributed by atoms with E-state index in [-0.39, 0.29) is 0 Å². The number of benzene rings is 2. The summed E-state index contributed by atoms with van der Waals surface area (Å²) in [4.78, 5) is 12.9. The van der Waals surface area contributed by atoms with Crippen LogP contribution in [0.15, 0.2) is 47.4 Å². The molecule has 2 rings (SSSR count). The standard InChI is InChI=1S/C15H14F2N2O5S/c1-23-13-4-2-3-5-14(13)24-9-15(20)18-19-25(21,22)10-6-7-11(16)12(17)8-10/h2-8,19H,9H2,1H3,(H,18,20). The van der Waals surface area contributed by atoms with E-state index in [9.17, 15) is 22.0 Å². The summed E-state index contributed by atoms with van der Waals surface area (Å²) in [6.45, 7) is -0.499. The summed E-state index contributed by atoms with van der Waals surface area (Å²) in [5.41, 5.74) is 1.90. The lowest BCUT2D eigenvalue weighted by molar-refractivity contribution is -0.123. The monoisotopic (exact) mass is 372 g/mol. The average Bonchev–Trinajstić information content (AvgIpc) is 2.60. The van der Waals surface area contributed by atoms with Crippen molar-refractivity contribution in [2.24, 2.45) is 0 Å². The number of hydrogen-bond acceptors (Lipinski definition) is 5. The molecule has 0 spiro atoms. The molecule has 10 heteroatoms. The van der Waals surface area contributed by atoms with Gasteiger partial charge in [-0.1, -0.05) is 12.1 Å². The Balaban J connectivity index is 1.93. The van der Waals surface area contributed by atoms with Crippen LogP contribution in [0, 0.1) is 11.6 Å². The van der Waals surface area contributed by atoms with Crippen molar-refractivity contribution < 1.29 is 31.5 Å². The van der Waals surface area contributed by atoms with E-state index in [2.05, 4.69) is 0 Å². The van der Waals surface area contributed by atoms with Gasteiger partial charge in [-0.25, -0.2) is 17.2 Å². The molecular formula is C15H14F2N2O5S. The Morgan fingerprint density at radius 2 is 1.76 bits per heavy atom. The van der Waals surface area contributed by atoms with Gasteiger partial charge < -0.3 is 9.47 Å². The molecule has 0 aromatic heterocycles. The topological polar surface area (TPSA) is 93.7 Å². The Morgan fingerprint density at radius 1 is 1.08 bits per heavy atom. The SMILES string of the molecule is COc1ccccc1OCC(=O)NNS(=O)(=O)c1ccc(F)c(F)c1. The van der Waals surface area contributed by atoms with E-state index in [1.807, 2.05) is 5.43 Å². The molecule has 0 atom stereocenters. The van der Waals surface area contributed by atoms with E-state index in [0.29, 0.717) is 23.6 Å². The lowest BCUT2D eigenvalue weighted by Gasteiger charge is -2.11. The first kappa shape index (κ1) is 18.6. The van der Waals surface area contributed by atoms with E-state index >= 15 is 0 Å². The van der Waals surface area contributed by atoms with Crippen LogP contribution in [0.25, 0.3) is 0 Å². The molecule has 2 aromatic carbocycles. The molecule has 0 saturated heterocycles. The maximum atomic E-state index is 13.1. The highest BCUT2D eigenvalue weighted by Gasteiger charge is 2.17. The number of halogens is 2. The number of para-hydroxylation sites is 2. The van der Waals surface area contributed by atoms with E-state index in [0.717, 1.165) is 6.07 Å². The third-order valence-corrected chi connectivity index (χ3v) is 4.20. The number of ether oxygens (including phenoxy) is 2. The lowest BCUT2D eigenvalue weighted by atomic mass is 10.3. The zero-order chi connectivity index (χ0) is 18.4. The van der Waals surface area contributed by atoms with Crippen molar-refractivity contribution >= 4 is 15.9 Å². The fourth-order valence-corrected chi connectivity index (χ4v) is 2.62. The second-order valence-corrected chi connectivity index (χ2v) is 6.35. The molecule has 0 saturated carbocycles. The average molecular weight is 372 g/mol. The number of carbonyl (C=O) groups excluding carboxylic acids is 1. The summed E-state index contributed by atoms with van der Waals surface area (Å²) in [5.74, 6) is -2.62. The van der Waals surface area contributed by atoms with Crippen LogP contribution in [0.4, 0.5) is 8.78 Å². The maximum absolute atomic E-state index is 13.1. The van der Waals surface area contributed by atoms with E-state index in [1.54, 1.807) is 29.1 Å². The molecular weight excluding hydrogens is 358 g/mol. The van der Waals surface area contributed by atoms with Crippen LogP contribution in [-0.2, 0) is 14.8 Å². The lowest BCUT2D eigenvalue weighted by Crippen LogP contribution is -2.43. The molecule has 25 heavy (non-hydrogen) atoms. The largest absolute Gasteiger partial charge is 0.493 e. The van der Waals surface area contributed by atoms with Gasteiger partial charge in [0, 0.05) is 0 Å². The van der Waals surface area contributed by atoms with Crippen LogP contribution in [0.5, 0.6) is 11.5 Å². The molecule has 134 valence electrons. The van der Waals surface area contributed by atoms with Gasteiger partial charge in [-0.3, -0.25) is 10.2 Å². The Kier molecular flexibility index (Phi) is 5.88. The van der Waals surface area contributed by atoms with E-state index in [4.69, 9.17) is 9.47 Å². The Hall–Kier alpha value is -2.72. The summed E-state index contributed by atoms with van der Waals surface area (Å²) in [7, 11) is -2.83. The van der Waals surface area contributed by atoms with Gasteiger partial charge >= 0.3 is 0 Å². The third kappa shape index (κ3) is 4.88. The number of hydrazine groups is 1. The smallest absolute Gasteiger partial charge is 0.272 e. The van der Waals surface area contributed by atoms with Gasteiger partial charge in [0.05, 0.1) is 12.0 Å². The van der Waals surface area contributed by atoms with Crippen molar-refractivity contribution in [3.05, 3.63) is 54.1 Å². The van der Waals surface area contributed by atoms with Crippen molar-refractivity contribution in [2.75, 3.05) is 13.7 Å². The summed E-state index contributed by atoms with van der Waals surface area (Å²) < 4.78 is 60.0. The van der Waals surface area contributed by atoms with Crippen LogP contribution in [0.1, 0.15) is 0 Å². The zero-order valence-electron chi connectivity index (χ0n) is 13.0. The fourth-order valence-electron chi connectivity index (χ4n) is 1.74. The molecule has 0 aliphatic heterocycles. The first-order chi connectivity index (χ1) is 11.8. The minimum absolute atomic E-state index is 0.295. The molecule has 0 fully saturated rings. The molecule has 1 amide bonds. The van der Waals surface area contributed by atoms with Crippen molar-refractivity contribution in [1.29, 1.82) is 0 Å². The van der Waals surface area contributed by atoms with Crippen molar-refractivity contribution in [1.82, 2.24) is 10.3 Å². The molecule has 2 aromatic rings. The molecule has 0 radical (unpaired) electrons. The van der Waals surface area contributed by atoms with Crippen LogP contribution in [0.2, 0.25) is 0 Å². The van der Waals surface area contributed by atoms with Crippen molar-refractivity contribution in [3.8, 4) is 11.5 Å². The number of sulfonamides is 1. The number of amides is 1. The minimum atomic E-state index is -4.26. The molecule has 0 unspecified atom stereocenters. The predicted octanol–water partition coefficient (Wildman–Crippen LogP) is 1.36. The second-order valence-electron chi connectivity index (χ2n) is 4.67. The summed E-state index contributed by atoms with van der Waals surface area (Å²) in [6.07, 6.45) is 0. The van der Waals surface area contributed by atoms with E-state index in [1.165, 1.54) is 7.11 Å². The zero-order valence-corrected chi connectivity index (χ0v) is 13.8. The van der Waals surface area contributed by atoms with Crippen LogP contribution in [0.3, 0.4) is 0 Å². The van der Waals surface area contributed by atoms with Gasteiger partial charge in [-0.05, 0) is 30.3 Å². The molecule has 0 aliphatic rings. The number of hydrogen-bond donors (Lipinski definition) is 2. The highest BCUT2D eigenvalue weighted by atomic mass is 32.2. The Bertz CT molecular complexity index is 874. The van der Waals surface area contributed by atoms with Crippen LogP contribution in [-0.4, -0.2) is 28.0 Å². The molecule has 0 aliphatic carbocycles. The van der Waals surface area contributed by atoms with Crippen LogP contribution < -0.4 is 19.7 Å². The number of nitrogens with one attached hydrogen (secondary N) is 2. The van der Waals surface area contributed by atoms with Crippen molar-refractivity contribution in [2.45, 2.75) is 4.90 Å². The summed E-state index contributed by atoms with van der Waals surface area (Å²) in [5, 5.41) is 0.